The van der Waals surface area contributed by atoms with Crippen LogP contribution in [0.2, 0.25) is 0 Å². The van der Waals surface area contributed by atoms with Crippen LogP contribution in [0.3, 0.4) is 0 Å². The van der Waals surface area contributed by atoms with Crippen LogP contribution < -0.4 is 11.1 Å². The van der Waals surface area contributed by atoms with Gasteiger partial charge in [0.25, 0.3) is 5.91 Å². The van der Waals surface area contributed by atoms with Crippen molar-refractivity contribution in [2.75, 3.05) is 5.32 Å². The molecule has 1 heterocycles. The van der Waals surface area contributed by atoms with Crippen molar-refractivity contribution in [2.24, 2.45) is 5.73 Å². The van der Waals surface area contributed by atoms with Crippen LogP contribution in [0.4, 0.5) is 5.69 Å². The molecule has 0 atom stereocenters. The molecule has 2 amide bonds. The molecule has 0 unspecified atom stereocenters. The number of nitrogens with zero attached hydrogens (tertiary/aromatic N) is 1. The first kappa shape index (κ1) is 13.3. The highest BCUT2D eigenvalue weighted by Crippen LogP contribution is 2.12. The summed E-state index contributed by atoms with van der Waals surface area (Å²) in [6.45, 7) is 0. The summed E-state index contributed by atoms with van der Waals surface area (Å²) in [5.41, 5.74) is 5.48. The van der Waals surface area contributed by atoms with Crippen molar-refractivity contribution in [1.82, 2.24) is 5.16 Å². The molecule has 0 fully saturated rings. The van der Waals surface area contributed by atoms with E-state index in [0.29, 0.717) is 5.69 Å². The van der Waals surface area contributed by atoms with Gasteiger partial charge in [0.2, 0.25) is 11.7 Å². The van der Waals surface area contributed by atoms with E-state index in [9.17, 15) is 14.4 Å². The second-order valence-corrected chi connectivity index (χ2v) is 3.78. The molecule has 1 aromatic carbocycles. The third-order valence-corrected chi connectivity index (χ3v) is 2.36. The fourth-order valence-electron chi connectivity index (χ4n) is 1.43. The normalized spacial score (nSPS) is 10.0. The molecule has 0 saturated carbocycles. The Bertz CT molecular complexity index is 692. The lowest BCUT2D eigenvalue weighted by molar-refractivity contribution is 0.0651. The monoisotopic (exact) mass is 275 g/mol. The maximum absolute atomic E-state index is 11.8. The lowest BCUT2D eigenvalue weighted by Crippen LogP contribution is -2.14. The lowest BCUT2D eigenvalue weighted by Gasteiger charge is -2.03. The van der Waals surface area contributed by atoms with Crippen LogP contribution in [-0.4, -0.2) is 28.0 Å². The highest BCUT2D eigenvalue weighted by molar-refractivity contribution is 6.04. The summed E-state index contributed by atoms with van der Waals surface area (Å²) < 4.78 is 4.46. The molecule has 8 nitrogen and oxygen atoms in total. The van der Waals surface area contributed by atoms with Crippen LogP contribution in [0.5, 0.6) is 0 Å². The Morgan fingerprint density at radius 2 is 2.00 bits per heavy atom. The number of nitrogens with two attached hydrogens (primary N) is 1. The van der Waals surface area contributed by atoms with Gasteiger partial charge in [0.1, 0.15) is 0 Å². The minimum atomic E-state index is -1.33. The number of nitrogens with one attached hydrogen (secondary N) is 1. The van der Waals surface area contributed by atoms with E-state index in [4.69, 9.17) is 10.8 Å². The Labute approximate surface area is 112 Å². The molecular weight excluding hydrogens is 266 g/mol. The van der Waals surface area contributed by atoms with Gasteiger partial charge in [0, 0.05) is 17.3 Å². The summed E-state index contributed by atoms with van der Waals surface area (Å²) in [6.07, 6.45) is 0. The molecule has 0 spiro atoms. The van der Waals surface area contributed by atoms with Crippen molar-refractivity contribution in [3.63, 3.8) is 0 Å². The minimum absolute atomic E-state index is 0.188. The third-order valence-electron chi connectivity index (χ3n) is 2.36. The van der Waals surface area contributed by atoms with Crippen molar-refractivity contribution in [3.05, 3.63) is 47.3 Å². The first-order valence-electron chi connectivity index (χ1n) is 5.38. The Balaban J connectivity index is 2.16. The number of carbonyl (C=O) groups excluding carboxylic acids is 2. The van der Waals surface area contributed by atoms with Crippen LogP contribution in [0, 0.1) is 0 Å². The molecule has 0 saturated heterocycles. The topological polar surface area (TPSA) is 136 Å². The molecule has 102 valence electrons. The summed E-state index contributed by atoms with van der Waals surface area (Å²) in [5, 5.41) is 14.4. The summed E-state index contributed by atoms with van der Waals surface area (Å²) >= 11 is 0. The highest BCUT2D eigenvalue weighted by Gasteiger charge is 2.16. The fourth-order valence-corrected chi connectivity index (χ4v) is 1.43. The summed E-state index contributed by atoms with van der Waals surface area (Å²) in [5.74, 6) is -3.06. The number of hydrogen-bond donors (Lipinski definition) is 3. The third kappa shape index (κ3) is 2.80. The molecule has 0 aliphatic heterocycles. The fraction of sp³-hybridized carbons (Fsp3) is 0. The number of anilines is 1. The number of carboxylic acid groups (broad SMARTS) is 1. The predicted octanol–water partition coefficient (Wildman–Crippen LogP) is 0.724. The molecule has 0 bridgehead atoms. The van der Waals surface area contributed by atoms with E-state index < -0.39 is 23.5 Å². The first-order valence-corrected chi connectivity index (χ1v) is 5.38. The first-order chi connectivity index (χ1) is 9.47. The van der Waals surface area contributed by atoms with E-state index in [1.807, 2.05) is 0 Å². The van der Waals surface area contributed by atoms with Crippen molar-refractivity contribution < 1.29 is 24.0 Å². The van der Waals surface area contributed by atoms with E-state index in [-0.39, 0.29) is 11.3 Å². The number of carbonyl (C=O) groups is 3. The van der Waals surface area contributed by atoms with Crippen molar-refractivity contribution >= 4 is 23.5 Å². The molecule has 1 aromatic heterocycles. The zero-order valence-corrected chi connectivity index (χ0v) is 9.99. The Kier molecular flexibility index (Phi) is 3.47. The number of benzene rings is 1. The number of primary amides is 1. The number of carboxylic acids is 1. The molecular formula is C12H9N3O5. The van der Waals surface area contributed by atoms with Crippen molar-refractivity contribution in [3.8, 4) is 0 Å². The average molecular weight is 275 g/mol. The van der Waals surface area contributed by atoms with Gasteiger partial charge in [-0.05, 0) is 18.2 Å². The maximum Gasteiger partial charge on any atom is 0.374 e. The van der Waals surface area contributed by atoms with E-state index in [1.165, 1.54) is 12.1 Å². The van der Waals surface area contributed by atoms with Gasteiger partial charge in [0.15, 0.2) is 5.69 Å². The van der Waals surface area contributed by atoms with Crippen LogP contribution in [0.1, 0.15) is 31.4 Å². The molecule has 0 aliphatic carbocycles. The molecule has 8 heteroatoms. The molecule has 0 aliphatic rings. The minimum Gasteiger partial charge on any atom is -0.475 e. The Morgan fingerprint density at radius 1 is 1.25 bits per heavy atom. The number of aromatic nitrogens is 1. The second-order valence-electron chi connectivity index (χ2n) is 3.78. The standard InChI is InChI=1S/C12H9N3O5/c13-10(16)6-2-1-3-7(4-6)14-11(17)8-5-9(12(18)19)20-15-8/h1-5H,(H2,13,16)(H,14,17)(H,18,19). The van der Waals surface area contributed by atoms with Gasteiger partial charge in [-0.3, -0.25) is 9.59 Å². The SMILES string of the molecule is NC(=O)c1cccc(NC(=O)c2cc(C(=O)O)on2)c1. The van der Waals surface area contributed by atoms with E-state index in [2.05, 4.69) is 15.0 Å². The van der Waals surface area contributed by atoms with Crippen molar-refractivity contribution in [2.45, 2.75) is 0 Å². The number of rotatable bonds is 4. The largest absolute Gasteiger partial charge is 0.475 e. The van der Waals surface area contributed by atoms with Gasteiger partial charge >= 0.3 is 5.97 Å². The Morgan fingerprint density at radius 3 is 2.60 bits per heavy atom. The van der Waals surface area contributed by atoms with E-state index >= 15 is 0 Å². The summed E-state index contributed by atoms with van der Waals surface area (Å²) in [7, 11) is 0. The predicted molar refractivity (Wildman–Crippen MR) is 66.4 cm³/mol. The number of hydrogen-bond acceptors (Lipinski definition) is 5. The van der Waals surface area contributed by atoms with Gasteiger partial charge in [-0.25, -0.2) is 4.79 Å². The van der Waals surface area contributed by atoms with Crippen LogP contribution in [-0.2, 0) is 0 Å². The maximum atomic E-state index is 11.8. The zero-order valence-electron chi connectivity index (χ0n) is 9.99. The van der Waals surface area contributed by atoms with Gasteiger partial charge in [0.05, 0.1) is 0 Å². The van der Waals surface area contributed by atoms with Gasteiger partial charge in [-0.2, -0.15) is 0 Å². The Hall–Kier alpha value is -3.16. The highest BCUT2D eigenvalue weighted by atomic mass is 16.5. The van der Waals surface area contributed by atoms with E-state index in [1.54, 1.807) is 12.1 Å². The van der Waals surface area contributed by atoms with Crippen LogP contribution >= 0.6 is 0 Å². The summed E-state index contributed by atoms with van der Waals surface area (Å²) in [6, 6.07) is 6.97. The lowest BCUT2D eigenvalue weighted by atomic mass is 10.2. The zero-order chi connectivity index (χ0) is 14.7. The molecule has 20 heavy (non-hydrogen) atoms. The van der Waals surface area contributed by atoms with Crippen LogP contribution in [0.15, 0.2) is 34.9 Å². The molecule has 0 radical (unpaired) electrons. The molecule has 2 rings (SSSR count). The van der Waals surface area contributed by atoms with Gasteiger partial charge in [-0.15, -0.1) is 0 Å². The second kappa shape index (κ2) is 5.22. The molecule has 2 aromatic rings. The van der Waals surface area contributed by atoms with E-state index in [0.717, 1.165) is 6.07 Å². The number of aromatic carboxylic acids is 1. The summed E-state index contributed by atoms with van der Waals surface area (Å²) in [4.78, 5) is 33.4. The van der Waals surface area contributed by atoms with Crippen molar-refractivity contribution in [1.29, 1.82) is 0 Å². The quantitative estimate of drug-likeness (QED) is 0.752. The van der Waals surface area contributed by atoms with Crippen LogP contribution in [0.25, 0.3) is 0 Å². The average Bonchev–Trinajstić information content (AvgIpc) is 2.88. The van der Waals surface area contributed by atoms with Gasteiger partial charge in [-0.1, -0.05) is 11.2 Å². The van der Waals surface area contributed by atoms with Gasteiger partial charge < -0.3 is 20.7 Å². The molecule has 4 N–H and O–H groups in total. The number of amides is 2. The smallest absolute Gasteiger partial charge is 0.374 e.